The van der Waals surface area contributed by atoms with Crippen molar-refractivity contribution in [3.63, 3.8) is 0 Å². The molecule has 3 rings (SSSR count). The smallest absolute Gasteiger partial charge is 0.365 e. The summed E-state index contributed by atoms with van der Waals surface area (Å²) < 4.78 is 10.4. The van der Waals surface area contributed by atoms with E-state index in [0.29, 0.717) is 17.1 Å². The molecule has 8 nitrogen and oxygen atoms in total. The number of ether oxygens (including phenoxy) is 2. The first kappa shape index (κ1) is 14.5. The molecule has 8 heteroatoms. The lowest BCUT2D eigenvalue weighted by Gasteiger charge is -1.99. The summed E-state index contributed by atoms with van der Waals surface area (Å²) in [5, 5.41) is 14.2. The van der Waals surface area contributed by atoms with Crippen molar-refractivity contribution in [2.75, 3.05) is 6.79 Å². The highest BCUT2D eigenvalue weighted by Crippen LogP contribution is 2.31. The molecule has 116 valence electrons. The van der Waals surface area contributed by atoms with Crippen LogP contribution in [0.3, 0.4) is 0 Å². The van der Waals surface area contributed by atoms with E-state index in [1.165, 1.54) is 24.4 Å². The van der Waals surface area contributed by atoms with Gasteiger partial charge in [-0.25, -0.2) is 4.79 Å². The highest BCUT2D eigenvalue weighted by molar-refractivity contribution is 5.90. The number of oxime groups is 1. The summed E-state index contributed by atoms with van der Waals surface area (Å²) in [4.78, 5) is 26.6. The molecule has 2 aromatic carbocycles. The highest BCUT2D eigenvalue weighted by Gasteiger charge is 2.14. The fourth-order valence-electron chi connectivity index (χ4n) is 1.93. The number of nitro groups is 1. The Hall–Kier alpha value is -3.42. The van der Waals surface area contributed by atoms with E-state index in [1.54, 1.807) is 18.2 Å². The molecule has 1 aliphatic heterocycles. The lowest BCUT2D eigenvalue weighted by Crippen LogP contribution is -2.02. The number of nitro benzene ring substituents is 1. The second-order valence-electron chi connectivity index (χ2n) is 4.53. The number of hydrogen-bond donors (Lipinski definition) is 0. The van der Waals surface area contributed by atoms with E-state index in [9.17, 15) is 14.9 Å². The van der Waals surface area contributed by atoms with Crippen LogP contribution in [-0.4, -0.2) is 23.9 Å². The predicted molar refractivity (Wildman–Crippen MR) is 78.7 cm³/mol. The second-order valence-corrected chi connectivity index (χ2v) is 4.53. The van der Waals surface area contributed by atoms with Crippen molar-refractivity contribution in [3.05, 3.63) is 63.7 Å². The molecule has 0 saturated heterocycles. The number of fused-ring (bicyclic) bond motifs is 1. The van der Waals surface area contributed by atoms with Gasteiger partial charge in [0.05, 0.1) is 16.7 Å². The van der Waals surface area contributed by atoms with Crippen LogP contribution >= 0.6 is 0 Å². The zero-order valence-electron chi connectivity index (χ0n) is 11.7. The monoisotopic (exact) mass is 314 g/mol. The van der Waals surface area contributed by atoms with Gasteiger partial charge in [-0.15, -0.1) is 0 Å². The third-order valence-corrected chi connectivity index (χ3v) is 3.03. The van der Waals surface area contributed by atoms with Gasteiger partial charge in [0.2, 0.25) is 6.79 Å². The molecule has 1 aliphatic rings. The molecule has 0 N–H and O–H groups in total. The molecule has 0 aliphatic carbocycles. The van der Waals surface area contributed by atoms with Gasteiger partial charge in [0.1, 0.15) is 0 Å². The van der Waals surface area contributed by atoms with Crippen molar-refractivity contribution in [1.82, 2.24) is 0 Å². The summed E-state index contributed by atoms with van der Waals surface area (Å²) in [6, 6.07) is 10.3. The van der Waals surface area contributed by atoms with Crippen molar-refractivity contribution < 1.29 is 24.0 Å². The van der Waals surface area contributed by atoms with Gasteiger partial charge in [-0.1, -0.05) is 11.2 Å². The maximum absolute atomic E-state index is 11.8. The van der Waals surface area contributed by atoms with Crippen LogP contribution in [0.15, 0.2) is 47.6 Å². The molecule has 0 aromatic heterocycles. The Balaban J connectivity index is 1.67. The van der Waals surface area contributed by atoms with Gasteiger partial charge in [-0.05, 0) is 24.3 Å². The quantitative estimate of drug-likeness (QED) is 0.372. The van der Waals surface area contributed by atoms with Crippen LogP contribution in [0.25, 0.3) is 0 Å². The van der Waals surface area contributed by atoms with Crippen LogP contribution < -0.4 is 9.47 Å². The third kappa shape index (κ3) is 3.26. The van der Waals surface area contributed by atoms with E-state index in [1.807, 2.05) is 0 Å². The number of carbonyl (C=O) groups excluding carboxylic acids is 1. The molecule has 0 fully saturated rings. The lowest BCUT2D eigenvalue weighted by atomic mass is 10.2. The van der Waals surface area contributed by atoms with E-state index >= 15 is 0 Å². The average molecular weight is 314 g/mol. The number of hydrogen-bond acceptors (Lipinski definition) is 7. The highest BCUT2D eigenvalue weighted by atomic mass is 16.7. The Kier molecular flexibility index (Phi) is 3.88. The van der Waals surface area contributed by atoms with E-state index in [4.69, 9.17) is 14.3 Å². The Bertz CT molecular complexity index is 802. The largest absolute Gasteiger partial charge is 0.454 e. The zero-order valence-corrected chi connectivity index (χ0v) is 11.7. The number of nitrogens with zero attached hydrogens (tertiary/aromatic N) is 2. The Labute approximate surface area is 130 Å². The number of rotatable bonds is 4. The molecule has 0 radical (unpaired) electrons. The molecule has 1 heterocycles. The van der Waals surface area contributed by atoms with Crippen molar-refractivity contribution in [3.8, 4) is 11.5 Å². The van der Waals surface area contributed by atoms with Gasteiger partial charge in [0, 0.05) is 17.7 Å². The minimum Gasteiger partial charge on any atom is -0.454 e. The van der Waals surface area contributed by atoms with Crippen molar-refractivity contribution >= 4 is 17.9 Å². The minimum atomic E-state index is -0.786. The SMILES string of the molecule is O=C(O/N=C/c1ccc2c(c1)OCO2)c1cccc([N+](=O)[O-])c1. The number of benzene rings is 2. The Morgan fingerprint density at radius 3 is 2.87 bits per heavy atom. The van der Waals surface area contributed by atoms with Crippen LogP contribution in [0.5, 0.6) is 11.5 Å². The van der Waals surface area contributed by atoms with Crippen LogP contribution in [0.1, 0.15) is 15.9 Å². The van der Waals surface area contributed by atoms with Crippen molar-refractivity contribution in [2.24, 2.45) is 5.16 Å². The normalized spacial score (nSPS) is 12.3. The third-order valence-electron chi connectivity index (χ3n) is 3.03. The van der Waals surface area contributed by atoms with E-state index < -0.39 is 10.9 Å². The van der Waals surface area contributed by atoms with Crippen molar-refractivity contribution in [1.29, 1.82) is 0 Å². The summed E-state index contributed by atoms with van der Waals surface area (Å²) in [7, 11) is 0. The first-order chi connectivity index (χ1) is 11.1. The molecule has 0 bridgehead atoms. The fraction of sp³-hybridized carbons (Fsp3) is 0.0667. The van der Waals surface area contributed by atoms with Gasteiger partial charge in [0.25, 0.3) is 5.69 Å². The standard InChI is InChI=1S/C15H10N2O6/c18-15(11-2-1-3-12(7-11)17(19)20)23-16-8-10-4-5-13-14(6-10)22-9-21-13/h1-8H,9H2/b16-8+. The first-order valence-corrected chi connectivity index (χ1v) is 6.52. The molecule has 0 spiro atoms. The number of non-ortho nitro benzene ring substituents is 1. The van der Waals surface area contributed by atoms with Gasteiger partial charge in [-0.3, -0.25) is 10.1 Å². The Morgan fingerprint density at radius 1 is 1.22 bits per heavy atom. The summed E-state index contributed by atoms with van der Waals surface area (Å²) in [5.74, 6) is 0.431. The molecule has 2 aromatic rings. The topological polar surface area (TPSA) is 100 Å². The molecule has 0 saturated carbocycles. The van der Waals surface area contributed by atoms with Gasteiger partial charge >= 0.3 is 5.97 Å². The summed E-state index contributed by atoms with van der Waals surface area (Å²) >= 11 is 0. The van der Waals surface area contributed by atoms with Crippen LogP contribution in [0.2, 0.25) is 0 Å². The molecule has 23 heavy (non-hydrogen) atoms. The predicted octanol–water partition coefficient (Wildman–Crippen LogP) is 2.51. The molecular weight excluding hydrogens is 304 g/mol. The maximum atomic E-state index is 11.8. The summed E-state index contributed by atoms with van der Waals surface area (Å²) in [6.45, 7) is 0.164. The summed E-state index contributed by atoms with van der Waals surface area (Å²) in [6.07, 6.45) is 1.33. The van der Waals surface area contributed by atoms with Gasteiger partial charge in [0.15, 0.2) is 11.5 Å². The van der Waals surface area contributed by atoms with E-state index in [2.05, 4.69) is 5.16 Å². The van der Waals surface area contributed by atoms with Gasteiger partial charge in [-0.2, -0.15) is 0 Å². The number of carbonyl (C=O) groups is 1. The van der Waals surface area contributed by atoms with E-state index in [-0.39, 0.29) is 18.0 Å². The van der Waals surface area contributed by atoms with Crippen molar-refractivity contribution in [2.45, 2.75) is 0 Å². The molecular formula is C15H10N2O6. The van der Waals surface area contributed by atoms with Crippen LogP contribution in [0.4, 0.5) is 5.69 Å². The second kappa shape index (κ2) is 6.14. The maximum Gasteiger partial charge on any atom is 0.365 e. The molecule has 0 unspecified atom stereocenters. The molecule has 0 amide bonds. The minimum absolute atomic E-state index is 0.0436. The average Bonchev–Trinajstić information content (AvgIpc) is 3.02. The lowest BCUT2D eigenvalue weighted by molar-refractivity contribution is -0.384. The zero-order chi connectivity index (χ0) is 16.2. The fourth-order valence-corrected chi connectivity index (χ4v) is 1.93. The van der Waals surface area contributed by atoms with Crippen LogP contribution in [-0.2, 0) is 4.84 Å². The van der Waals surface area contributed by atoms with Gasteiger partial charge < -0.3 is 14.3 Å². The Morgan fingerprint density at radius 2 is 2.04 bits per heavy atom. The van der Waals surface area contributed by atoms with E-state index in [0.717, 1.165) is 6.07 Å². The summed E-state index contributed by atoms with van der Waals surface area (Å²) in [5.41, 5.74) is 0.502. The first-order valence-electron chi connectivity index (χ1n) is 6.52. The molecule has 0 atom stereocenters. The van der Waals surface area contributed by atoms with Crippen LogP contribution in [0, 0.1) is 10.1 Å².